The van der Waals surface area contributed by atoms with E-state index in [9.17, 15) is 0 Å². The molecule has 0 N–H and O–H groups in total. The summed E-state index contributed by atoms with van der Waals surface area (Å²) in [6, 6.07) is 2.14. The Bertz CT molecular complexity index is 121. The first-order valence-corrected chi connectivity index (χ1v) is 2.90. The molecule has 0 bridgehead atoms. The fourth-order valence-electron chi connectivity index (χ4n) is 0.798. The molecule has 1 aliphatic carbocycles. The second-order valence-corrected chi connectivity index (χ2v) is 2.54. The van der Waals surface area contributed by atoms with Crippen molar-refractivity contribution in [1.82, 2.24) is 0 Å². The average molecular weight is 105 g/mol. The Morgan fingerprint density at radius 3 is 2.38 bits per heavy atom. The monoisotopic (exact) mass is 105 g/mol. The molecule has 1 rings (SSSR count). The highest BCUT2D eigenvalue weighted by Gasteiger charge is 2.39. The summed E-state index contributed by atoms with van der Waals surface area (Å²) in [7, 11) is 5.40. The van der Waals surface area contributed by atoms with E-state index < -0.39 is 0 Å². The molecule has 0 spiro atoms. The van der Waals surface area contributed by atoms with Gasteiger partial charge in [0.1, 0.15) is 0 Å². The number of hydrogen-bond acceptors (Lipinski definition) is 1. The lowest BCUT2D eigenvalue weighted by Crippen LogP contribution is -1.95. The van der Waals surface area contributed by atoms with Gasteiger partial charge in [-0.05, 0) is 18.3 Å². The Morgan fingerprint density at radius 1 is 1.62 bits per heavy atom. The van der Waals surface area contributed by atoms with Crippen LogP contribution in [0.2, 0.25) is 6.32 Å². The van der Waals surface area contributed by atoms with Crippen molar-refractivity contribution in [3.63, 3.8) is 0 Å². The van der Waals surface area contributed by atoms with E-state index in [1.165, 1.54) is 0 Å². The molecule has 2 radical (unpaired) electrons. The van der Waals surface area contributed by atoms with Crippen LogP contribution in [0.3, 0.4) is 0 Å². The second kappa shape index (κ2) is 1.82. The third-order valence-corrected chi connectivity index (χ3v) is 1.84. The van der Waals surface area contributed by atoms with Crippen LogP contribution < -0.4 is 0 Å². The summed E-state index contributed by atoms with van der Waals surface area (Å²) in [5.41, 5.74) is 0.259. The van der Waals surface area contributed by atoms with Gasteiger partial charge in [-0.3, -0.25) is 0 Å². The zero-order chi connectivity index (χ0) is 6.04. The van der Waals surface area contributed by atoms with Gasteiger partial charge < -0.3 is 0 Å². The van der Waals surface area contributed by atoms with Crippen LogP contribution in [-0.4, -0.2) is 7.85 Å². The molecule has 1 fully saturated rings. The standard InChI is InChI=1S/C6H8BN/c7-5-6(1-2-6)3-4-8/h1-3,5H2. The maximum atomic E-state index is 8.27. The SMILES string of the molecule is [B]CC1(CC#N)CC1. The lowest BCUT2D eigenvalue weighted by molar-refractivity contribution is 0.591. The van der Waals surface area contributed by atoms with Gasteiger partial charge in [-0.25, -0.2) is 0 Å². The third kappa shape index (κ3) is 0.863. The summed E-state index contributed by atoms with van der Waals surface area (Å²) in [5, 5.41) is 8.27. The first kappa shape index (κ1) is 5.69. The zero-order valence-electron chi connectivity index (χ0n) is 4.85. The fraction of sp³-hybridized carbons (Fsp3) is 0.833. The van der Waals surface area contributed by atoms with E-state index in [-0.39, 0.29) is 5.41 Å². The number of hydrogen-bond donors (Lipinski definition) is 0. The predicted octanol–water partition coefficient (Wildman–Crippen LogP) is 1.27. The van der Waals surface area contributed by atoms with Crippen molar-refractivity contribution < 1.29 is 0 Å². The van der Waals surface area contributed by atoms with Crippen LogP contribution in [0.4, 0.5) is 0 Å². The van der Waals surface area contributed by atoms with Crippen molar-refractivity contribution in [2.45, 2.75) is 25.6 Å². The largest absolute Gasteiger partial charge is 0.198 e. The minimum Gasteiger partial charge on any atom is -0.198 e. The van der Waals surface area contributed by atoms with E-state index in [1.54, 1.807) is 0 Å². The van der Waals surface area contributed by atoms with Gasteiger partial charge in [-0.1, -0.05) is 6.32 Å². The molecular weight excluding hydrogens is 96.9 g/mol. The van der Waals surface area contributed by atoms with Crippen molar-refractivity contribution in [1.29, 1.82) is 5.26 Å². The molecule has 0 saturated heterocycles. The van der Waals surface area contributed by atoms with Gasteiger partial charge in [0, 0.05) is 6.42 Å². The van der Waals surface area contributed by atoms with E-state index >= 15 is 0 Å². The molecule has 1 saturated carbocycles. The van der Waals surface area contributed by atoms with E-state index in [4.69, 9.17) is 13.1 Å². The second-order valence-electron chi connectivity index (χ2n) is 2.54. The lowest BCUT2D eigenvalue weighted by atomic mass is 9.86. The summed E-state index contributed by atoms with van der Waals surface area (Å²) in [4.78, 5) is 0. The van der Waals surface area contributed by atoms with Gasteiger partial charge in [0.2, 0.25) is 0 Å². The molecule has 0 unspecified atom stereocenters. The Hall–Kier alpha value is -0.445. The normalized spacial score (nSPS) is 21.9. The number of rotatable bonds is 2. The Kier molecular flexibility index (Phi) is 1.29. The molecular formula is C6H8BN. The Morgan fingerprint density at radius 2 is 2.25 bits per heavy atom. The summed E-state index contributed by atoms with van der Waals surface area (Å²) in [5.74, 6) is 0. The zero-order valence-corrected chi connectivity index (χ0v) is 4.85. The van der Waals surface area contributed by atoms with E-state index in [0.717, 1.165) is 12.8 Å². The van der Waals surface area contributed by atoms with E-state index in [1.807, 2.05) is 0 Å². The van der Waals surface area contributed by atoms with Gasteiger partial charge in [-0.2, -0.15) is 5.26 Å². The fourth-order valence-corrected chi connectivity index (χ4v) is 0.798. The van der Waals surface area contributed by atoms with Crippen LogP contribution in [0.25, 0.3) is 0 Å². The molecule has 8 heavy (non-hydrogen) atoms. The first-order valence-electron chi connectivity index (χ1n) is 2.90. The minimum atomic E-state index is 0.259. The van der Waals surface area contributed by atoms with E-state index in [0.29, 0.717) is 12.7 Å². The topological polar surface area (TPSA) is 23.8 Å². The summed E-state index contributed by atoms with van der Waals surface area (Å²) >= 11 is 0. The molecule has 0 heterocycles. The van der Waals surface area contributed by atoms with Gasteiger partial charge in [0.05, 0.1) is 13.9 Å². The van der Waals surface area contributed by atoms with Crippen molar-refractivity contribution in [3.8, 4) is 6.07 Å². The van der Waals surface area contributed by atoms with Crippen LogP contribution in [0.15, 0.2) is 0 Å². The molecule has 0 aliphatic heterocycles. The van der Waals surface area contributed by atoms with Crippen LogP contribution >= 0.6 is 0 Å². The average Bonchev–Trinajstić information content (AvgIpc) is 2.50. The highest BCUT2D eigenvalue weighted by molar-refractivity contribution is 6.09. The molecule has 1 aliphatic rings. The van der Waals surface area contributed by atoms with Gasteiger partial charge in [0.25, 0.3) is 0 Å². The third-order valence-electron chi connectivity index (χ3n) is 1.84. The lowest BCUT2D eigenvalue weighted by Gasteiger charge is -2.03. The van der Waals surface area contributed by atoms with Gasteiger partial charge >= 0.3 is 0 Å². The highest BCUT2D eigenvalue weighted by Crippen LogP contribution is 2.51. The molecule has 0 atom stereocenters. The van der Waals surface area contributed by atoms with Crippen molar-refractivity contribution >= 4 is 7.85 Å². The van der Waals surface area contributed by atoms with E-state index in [2.05, 4.69) is 6.07 Å². The van der Waals surface area contributed by atoms with Crippen molar-refractivity contribution in [3.05, 3.63) is 0 Å². The molecule has 40 valence electrons. The molecule has 0 aromatic heterocycles. The maximum absolute atomic E-state index is 8.27. The van der Waals surface area contributed by atoms with Crippen LogP contribution in [-0.2, 0) is 0 Å². The van der Waals surface area contributed by atoms with Crippen molar-refractivity contribution in [2.75, 3.05) is 0 Å². The smallest absolute Gasteiger partial charge is 0.0660 e. The Balaban J connectivity index is 2.33. The summed E-state index contributed by atoms with van der Waals surface area (Å²) < 4.78 is 0. The first-order chi connectivity index (χ1) is 3.83. The van der Waals surface area contributed by atoms with Crippen LogP contribution in [0.5, 0.6) is 0 Å². The maximum Gasteiger partial charge on any atom is 0.0660 e. The molecule has 0 amide bonds. The van der Waals surface area contributed by atoms with Crippen LogP contribution in [0.1, 0.15) is 19.3 Å². The number of nitriles is 1. The molecule has 0 aromatic rings. The highest BCUT2D eigenvalue weighted by atomic mass is 14.4. The van der Waals surface area contributed by atoms with Crippen LogP contribution in [0, 0.1) is 16.7 Å². The number of nitrogens with zero attached hydrogens (tertiary/aromatic N) is 1. The Labute approximate surface area is 51.1 Å². The molecule has 1 nitrogen and oxygen atoms in total. The summed E-state index contributed by atoms with van der Waals surface area (Å²) in [6.07, 6.45) is 3.68. The quantitative estimate of drug-likeness (QED) is 0.485. The van der Waals surface area contributed by atoms with Crippen molar-refractivity contribution in [2.24, 2.45) is 5.41 Å². The predicted molar refractivity (Wildman–Crippen MR) is 32.5 cm³/mol. The van der Waals surface area contributed by atoms with Gasteiger partial charge in [0.15, 0.2) is 0 Å². The molecule has 0 aromatic carbocycles. The molecule has 2 heteroatoms. The van der Waals surface area contributed by atoms with Gasteiger partial charge in [-0.15, -0.1) is 0 Å². The summed E-state index contributed by atoms with van der Waals surface area (Å²) in [6.45, 7) is 0. The minimum absolute atomic E-state index is 0.259.